The zero-order valence-corrected chi connectivity index (χ0v) is 9.69. The monoisotopic (exact) mass is 197 g/mol. The summed E-state index contributed by atoms with van der Waals surface area (Å²) in [6, 6.07) is 10.1. The molecule has 0 bridgehead atoms. The van der Waals surface area contributed by atoms with Gasteiger partial charge in [0.15, 0.2) is 0 Å². The smallest absolute Gasteiger partial charge is 0.108 e. The maximum Gasteiger partial charge on any atom is 0.108 e. The Hall–Kier alpha value is -0.213. The van der Waals surface area contributed by atoms with Gasteiger partial charge < -0.3 is 0 Å². The molecule has 1 unspecified atom stereocenters. The maximum atomic E-state index is 7.97. The molecule has 0 aliphatic carbocycles. The van der Waals surface area contributed by atoms with Gasteiger partial charge in [-0.05, 0) is 5.56 Å². The van der Waals surface area contributed by atoms with Crippen molar-refractivity contribution in [1.82, 2.24) is 0 Å². The van der Waals surface area contributed by atoms with Crippen LogP contribution in [0.3, 0.4) is 0 Å². The first kappa shape index (κ1) is 8.39. The van der Waals surface area contributed by atoms with E-state index in [2.05, 4.69) is 19.6 Å². The Morgan fingerprint density at radius 1 is 1.25 bits per heavy atom. The summed E-state index contributed by atoms with van der Waals surface area (Å²) in [6.07, 6.45) is 0. The van der Waals surface area contributed by atoms with Crippen molar-refractivity contribution in [3.05, 3.63) is 35.9 Å². The Balaban J connectivity index is 2.64. The van der Waals surface area contributed by atoms with E-state index in [1.54, 1.807) is 0 Å². The molecule has 0 N–H and O–H groups in total. The van der Waals surface area contributed by atoms with E-state index in [1.165, 1.54) is 0 Å². The Labute approximate surface area is 81.4 Å². The zero-order valence-electron chi connectivity index (χ0n) is 8.87. The molecule has 0 saturated carbocycles. The second-order valence-corrected chi connectivity index (χ2v) is 12.8. The molecule has 1 aromatic carbocycles. The van der Waals surface area contributed by atoms with Gasteiger partial charge in [-0.2, -0.15) is 11.2 Å². The van der Waals surface area contributed by atoms with Crippen LogP contribution in [-0.4, -0.2) is 7.22 Å². The number of hydrogen-bond donors (Lipinski definition) is 0. The second-order valence-electron chi connectivity index (χ2n) is 3.76. The average molecular weight is 197 g/mol. The molecule has 12 heavy (non-hydrogen) atoms. The first-order valence-corrected chi connectivity index (χ1v) is 9.24. The number of benzene rings is 1. The van der Waals surface area contributed by atoms with Crippen LogP contribution in [0, 0.1) is 0 Å². The first-order chi connectivity index (χ1) is 5.99. The molecule has 0 heterocycles. The van der Waals surface area contributed by atoms with Crippen LogP contribution in [0.2, 0.25) is 19.6 Å². The predicted molar refractivity (Wildman–Crippen MR) is 61.1 cm³/mol. The van der Waals surface area contributed by atoms with Gasteiger partial charge in [0.05, 0.1) is 0 Å². The van der Waals surface area contributed by atoms with E-state index in [-0.39, 0.29) is 5.73 Å². The van der Waals surface area contributed by atoms with Crippen molar-refractivity contribution in [2.75, 3.05) is 0 Å². The Morgan fingerprint density at radius 3 is 2.33 bits per heavy atom. The van der Waals surface area contributed by atoms with Crippen LogP contribution < -0.4 is 0 Å². The summed E-state index contributed by atoms with van der Waals surface area (Å²) >= 11 is 1.82. The Morgan fingerprint density at radius 2 is 1.83 bits per heavy atom. The van der Waals surface area contributed by atoms with Crippen LogP contribution in [0.5, 0.6) is 0 Å². The topological polar surface area (TPSA) is 0 Å². The Kier molecular flexibility index (Phi) is 2.90. The maximum absolute atomic E-state index is 7.97. The highest BCUT2D eigenvalue weighted by Gasteiger charge is 2.12. The molecule has 0 spiro atoms. The van der Waals surface area contributed by atoms with E-state index in [0.717, 1.165) is 5.56 Å². The van der Waals surface area contributed by atoms with Gasteiger partial charge in [0.2, 0.25) is 0 Å². The quantitative estimate of drug-likeness (QED) is 0.665. The molecule has 1 rings (SSSR count). The summed E-state index contributed by atoms with van der Waals surface area (Å²) in [6.45, 7) is 6.84. The summed E-state index contributed by atoms with van der Waals surface area (Å²) in [5.41, 5.74) is 1.02. The van der Waals surface area contributed by atoms with Crippen LogP contribution in [0.4, 0.5) is 0 Å². The highest BCUT2D eigenvalue weighted by Crippen LogP contribution is 2.23. The lowest BCUT2D eigenvalue weighted by Gasteiger charge is -2.14. The molecule has 66 valence electrons. The van der Waals surface area contributed by atoms with Gasteiger partial charge in [0, 0.05) is 7.10 Å². The van der Waals surface area contributed by atoms with Gasteiger partial charge >= 0.3 is 0 Å². The molecule has 0 aliphatic heterocycles. The first-order valence-electron chi connectivity index (χ1n) is 4.72. The summed E-state index contributed by atoms with van der Waals surface area (Å²) in [7, 11) is -1.17. The Bertz CT molecular complexity index is 255. The van der Waals surface area contributed by atoms with Crippen molar-refractivity contribution >= 4 is 18.4 Å². The fourth-order valence-corrected chi connectivity index (χ4v) is 2.89. The molecule has 1 aromatic rings. The van der Waals surface area contributed by atoms with Crippen molar-refractivity contribution in [2.45, 2.75) is 25.4 Å². The average Bonchev–Trinajstić information content (AvgIpc) is 2.03. The van der Waals surface area contributed by atoms with Gasteiger partial charge in [0.1, 0.15) is 7.22 Å². The summed E-state index contributed by atoms with van der Waals surface area (Å²) in [4.78, 5) is 0. The third-order valence-electron chi connectivity index (χ3n) is 1.35. The molecule has 0 fully saturated rings. The van der Waals surface area contributed by atoms with Crippen molar-refractivity contribution in [2.24, 2.45) is 0 Å². The van der Waals surface area contributed by atoms with Gasteiger partial charge in [-0.15, -0.1) is 0 Å². The van der Waals surface area contributed by atoms with Crippen molar-refractivity contribution in [1.29, 1.82) is 0 Å². The highest BCUT2D eigenvalue weighted by molar-refractivity contribution is 8.28. The van der Waals surface area contributed by atoms with Gasteiger partial charge in [-0.3, -0.25) is 0 Å². The van der Waals surface area contributed by atoms with E-state index < -0.39 is 7.22 Å². The van der Waals surface area contributed by atoms with Crippen LogP contribution >= 0.6 is 11.2 Å². The molecule has 0 amide bonds. The normalized spacial score (nSPS) is 15.4. The molecule has 2 heteroatoms. The minimum atomic E-state index is -1.17. The van der Waals surface area contributed by atoms with E-state index >= 15 is 0 Å². The highest BCUT2D eigenvalue weighted by atomic mass is 32.4. The minimum absolute atomic E-state index is 0.104. The number of hydrogen-bond acceptors (Lipinski definition) is 1. The van der Waals surface area contributed by atoms with Crippen LogP contribution in [0.25, 0.3) is 0 Å². The SMILES string of the molecule is [2H]C(S[Si](C)(C)C)c1ccccc1. The molecule has 0 aromatic heterocycles. The summed E-state index contributed by atoms with van der Waals surface area (Å²) in [5, 5.41) is 0. The van der Waals surface area contributed by atoms with Crippen LogP contribution in [0.1, 0.15) is 6.93 Å². The molecular formula is C10H16SSi. The van der Waals surface area contributed by atoms with Gasteiger partial charge in [0.25, 0.3) is 0 Å². The number of rotatable bonds is 3. The minimum Gasteiger partial charge on any atom is -0.181 e. The van der Waals surface area contributed by atoms with E-state index in [1.807, 2.05) is 41.5 Å². The van der Waals surface area contributed by atoms with Gasteiger partial charge in [-0.25, -0.2) is 0 Å². The fourth-order valence-electron chi connectivity index (χ4n) is 0.776. The summed E-state index contributed by atoms with van der Waals surface area (Å²) in [5.74, 6) is 0. The van der Waals surface area contributed by atoms with E-state index in [4.69, 9.17) is 1.37 Å². The molecule has 0 saturated heterocycles. The van der Waals surface area contributed by atoms with E-state index in [0.29, 0.717) is 0 Å². The van der Waals surface area contributed by atoms with Gasteiger partial charge in [-0.1, -0.05) is 50.0 Å². The van der Waals surface area contributed by atoms with E-state index in [9.17, 15) is 0 Å². The molecule has 1 atom stereocenters. The van der Waals surface area contributed by atoms with Crippen molar-refractivity contribution in [3.8, 4) is 0 Å². The zero-order chi connectivity index (χ0) is 9.90. The lowest BCUT2D eigenvalue weighted by molar-refractivity contribution is 1.42. The molecule has 0 radical (unpaired) electrons. The van der Waals surface area contributed by atoms with Crippen molar-refractivity contribution < 1.29 is 1.37 Å². The third kappa shape index (κ3) is 3.98. The van der Waals surface area contributed by atoms with Crippen LogP contribution in [0.15, 0.2) is 30.3 Å². The van der Waals surface area contributed by atoms with Crippen molar-refractivity contribution in [3.63, 3.8) is 0 Å². The lowest BCUT2D eigenvalue weighted by Crippen LogP contribution is -2.13. The standard InChI is InChI=1S/C10H16SSi/c1-12(2,3)11-9-10-7-5-4-6-8-10/h4-8H,9H2,1-3H3/i9D. The largest absolute Gasteiger partial charge is 0.181 e. The lowest BCUT2D eigenvalue weighted by atomic mass is 10.2. The molecule has 0 nitrogen and oxygen atoms in total. The molecule has 0 aliphatic rings. The van der Waals surface area contributed by atoms with Crippen LogP contribution in [-0.2, 0) is 5.73 Å². The third-order valence-corrected chi connectivity index (χ3v) is 4.92. The summed E-state index contributed by atoms with van der Waals surface area (Å²) < 4.78 is 7.97. The predicted octanol–water partition coefficient (Wildman–Crippen LogP) is 3.75. The molecular weight excluding hydrogens is 180 g/mol. The fraction of sp³-hybridized carbons (Fsp3) is 0.400. The second kappa shape index (κ2) is 4.15.